The summed E-state index contributed by atoms with van der Waals surface area (Å²) in [6.07, 6.45) is 6.14. The SMILES string of the molecule is OC1(O)CCCC1.OCCCCc1ccccc1. The molecule has 1 aliphatic carbocycles. The highest BCUT2D eigenvalue weighted by Crippen LogP contribution is 2.25. The topological polar surface area (TPSA) is 60.7 Å². The van der Waals surface area contributed by atoms with Crippen molar-refractivity contribution in [3.05, 3.63) is 35.9 Å². The van der Waals surface area contributed by atoms with Crippen molar-refractivity contribution in [1.29, 1.82) is 0 Å². The molecule has 0 saturated heterocycles. The minimum Gasteiger partial charge on any atom is -0.396 e. The van der Waals surface area contributed by atoms with Gasteiger partial charge in [0, 0.05) is 19.4 Å². The van der Waals surface area contributed by atoms with Crippen molar-refractivity contribution in [2.24, 2.45) is 0 Å². The number of benzene rings is 1. The van der Waals surface area contributed by atoms with E-state index in [0.29, 0.717) is 19.4 Å². The maximum Gasteiger partial charge on any atom is 0.162 e. The maximum atomic E-state index is 8.75. The van der Waals surface area contributed by atoms with Crippen LogP contribution in [0.5, 0.6) is 0 Å². The second-order valence-electron chi connectivity index (χ2n) is 4.86. The summed E-state index contributed by atoms with van der Waals surface area (Å²) >= 11 is 0. The number of hydrogen-bond acceptors (Lipinski definition) is 3. The Kier molecular flexibility index (Phi) is 6.94. The normalized spacial score (nSPS) is 17.1. The van der Waals surface area contributed by atoms with Gasteiger partial charge in [-0.1, -0.05) is 30.3 Å². The summed E-state index contributed by atoms with van der Waals surface area (Å²) in [5.74, 6) is -1.31. The van der Waals surface area contributed by atoms with Crippen LogP contribution in [0.4, 0.5) is 0 Å². The molecule has 0 atom stereocenters. The summed E-state index contributed by atoms with van der Waals surface area (Å²) in [5, 5.41) is 26.0. The van der Waals surface area contributed by atoms with Crippen LogP contribution in [-0.2, 0) is 6.42 Å². The molecule has 3 N–H and O–H groups in total. The van der Waals surface area contributed by atoms with E-state index in [1.165, 1.54) is 5.56 Å². The van der Waals surface area contributed by atoms with Gasteiger partial charge in [0.2, 0.25) is 0 Å². The van der Waals surface area contributed by atoms with Crippen LogP contribution >= 0.6 is 0 Å². The zero-order valence-electron chi connectivity index (χ0n) is 10.9. The second kappa shape index (κ2) is 8.25. The summed E-state index contributed by atoms with van der Waals surface area (Å²) in [6, 6.07) is 10.4. The average molecular weight is 252 g/mol. The van der Waals surface area contributed by atoms with E-state index in [2.05, 4.69) is 12.1 Å². The molecule has 102 valence electrons. The quantitative estimate of drug-likeness (QED) is 0.569. The van der Waals surface area contributed by atoms with E-state index < -0.39 is 5.79 Å². The highest BCUT2D eigenvalue weighted by Gasteiger charge is 2.26. The van der Waals surface area contributed by atoms with Crippen LogP contribution in [0.2, 0.25) is 0 Å². The molecule has 0 unspecified atom stereocenters. The van der Waals surface area contributed by atoms with Crippen molar-refractivity contribution in [2.45, 2.75) is 50.7 Å². The number of rotatable bonds is 4. The molecule has 0 radical (unpaired) electrons. The number of hydrogen-bond donors (Lipinski definition) is 3. The van der Waals surface area contributed by atoms with Gasteiger partial charge in [-0.15, -0.1) is 0 Å². The lowest BCUT2D eigenvalue weighted by Gasteiger charge is -2.11. The van der Waals surface area contributed by atoms with Crippen LogP contribution in [0.25, 0.3) is 0 Å². The third-order valence-electron chi connectivity index (χ3n) is 3.12. The van der Waals surface area contributed by atoms with Crippen molar-refractivity contribution in [3.63, 3.8) is 0 Å². The molecule has 0 heterocycles. The predicted octanol–water partition coefficient (Wildman–Crippen LogP) is 2.24. The number of aliphatic hydroxyl groups excluding tert-OH is 1. The van der Waals surface area contributed by atoms with Gasteiger partial charge in [0.25, 0.3) is 0 Å². The Hall–Kier alpha value is -0.900. The lowest BCUT2D eigenvalue weighted by molar-refractivity contribution is -0.152. The molecule has 1 fully saturated rings. The Morgan fingerprint density at radius 2 is 1.56 bits per heavy atom. The van der Waals surface area contributed by atoms with E-state index >= 15 is 0 Å². The van der Waals surface area contributed by atoms with Crippen molar-refractivity contribution in [1.82, 2.24) is 0 Å². The van der Waals surface area contributed by atoms with Gasteiger partial charge in [-0.25, -0.2) is 0 Å². The van der Waals surface area contributed by atoms with Gasteiger partial charge in [-0.05, 0) is 37.7 Å². The molecule has 3 heteroatoms. The van der Waals surface area contributed by atoms with E-state index in [1.807, 2.05) is 18.2 Å². The highest BCUT2D eigenvalue weighted by molar-refractivity contribution is 5.14. The smallest absolute Gasteiger partial charge is 0.162 e. The van der Waals surface area contributed by atoms with Crippen LogP contribution in [0.1, 0.15) is 44.1 Å². The van der Waals surface area contributed by atoms with Gasteiger partial charge < -0.3 is 15.3 Å². The lowest BCUT2D eigenvalue weighted by atomic mass is 10.1. The molecule has 1 aromatic carbocycles. The van der Waals surface area contributed by atoms with Crippen LogP contribution in [0.3, 0.4) is 0 Å². The first-order valence-electron chi connectivity index (χ1n) is 6.73. The summed E-state index contributed by atoms with van der Waals surface area (Å²) < 4.78 is 0. The first kappa shape index (κ1) is 15.2. The van der Waals surface area contributed by atoms with E-state index in [-0.39, 0.29) is 0 Å². The largest absolute Gasteiger partial charge is 0.396 e. The number of aliphatic hydroxyl groups is 3. The third kappa shape index (κ3) is 6.74. The van der Waals surface area contributed by atoms with Crippen LogP contribution in [0.15, 0.2) is 30.3 Å². The molecule has 0 aromatic heterocycles. The fraction of sp³-hybridized carbons (Fsp3) is 0.600. The van der Waals surface area contributed by atoms with E-state index in [4.69, 9.17) is 15.3 Å². The van der Waals surface area contributed by atoms with Crippen molar-refractivity contribution < 1.29 is 15.3 Å². The third-order valence-corrected chi connectivity index (χ3v) is 3.12. The fourth-order valence-electron chi connectivity index (χ4n) is 2.03. The zero-order valence-corrected chi connectivity index (χ0v) is 10.9. The number of aryl methyl sites for hydroxylation is 1. The molecule has 2 rings (SSSR count). The number of unbranched alkanes of at least 4 members (excludes halogenated alkanes) is 1. The second-order valence-corrected chi connectivity index (χ2v) is 4.86. The molecule has 0 amide bonds. The summed E-state index contributed by atoms with van der Waals surface area (Å²) in [4.78, 5) is 0. The highest BCUT2D eigenvalue weighted by atomic mass is 16.5. The average Bonchev–Trinajstić information content (AvgIpc) is 2.76. The van der Waals surface area contributed by atoms with Gasteiger partial charge in [0.05, 0.1) is 0 Å². The summed E-state index contributed by atoms with van der Waals surface area (Å²) in [5.41, 5.74) is 1.36. The van der Waals surface area contributed by atoms with Crippen LogP contribution < -0.4 is 0 Å². The van der Waals surface area contributed by atoms with Gasteiger partial charge >= 0.3 is 0 Å². The van der Waals surface area contributed by atoms with Crippen LogP contribution in [-0.4, -0.2) is 27.7 Å². The minimum absolute atomic E-state index is 0.312. The molecule has 0 bridgehead atoms. The Morgan fingerprint density at radius 3 is 2.00 bits per heavy atom. The van der Waals surface area contributed by atoms with Gasteiger partial charge in [0.15, 0.2) is 5.79 Å². The predicted molar refractivity (Wildman–Crippen MR) is 72.1 cm³/mol. The molecule has 1 aromatic rings. The monoisotopic (exact) mass is 252 g/mol. The first-order chi connectivity index (χ1) is 8.64. The van der Waals surface area contributed by atoms with Crippen LogP contribution in [0, 0.1) is 0 Å². The standard InChI is InChI=1S/C10H14O.C5H10O2/c11-9-5-4-8-10-6-2-1-3-7-10;6-5(7)3-1-2-4-5/h1-3,6-7,11H,4-5,8-9H2;6-7H,1-4H2. The van der Waals surface area contributed by atoms with E-state index in [9.17, 15) is 0 Å². The molecule has 1 saturated carbocycles. The minimum atomic E-state index is -1.31. The van der Waals surface area contributed by atoms with Gasteiger partial charge in [-0.3, -0.25) is 0 Å². The fourth-order valence-corrected chi connectivity index (χ4v) is 2.03. The molecule has 0 aliphatic heterocycles. The Bertz CT molecular complexity index is 301. The lowest BCUT2D eigenvalue weighted by Crippen LogP contribution is -2.21. The van der Waals surface area contributed by atoms with Crippen molar-refractivity contribution in [3.8, 4) is 0 Å². The van der Waals surface area contributed by atoms with Gasteiger partial charge in [-0.2, -0.15) is 0 Å². The van der Waals surface area contributed by atoms with E-state index in [1.54, 1.807) is 0 Å². The van der Waals surface area contributed by atoms with Gasteiger partial charge in [0.1, 0.15) is 0 Å². The zero-order chi connectivity index (χ0) is 13.3. The Balaban J connectivity index is 0.000000199. The molecule has 3 nitrogen and oxygen atoms in total. The maximum absolute atomic E-state index is 8.75. The molecular weight excluding hydrogens is 228 g/mol. The molecular formula is C15H24O3. The molecule has 0 spiro atoms. The van der Waals surface area contributed by atoms with E-state index in [0.717, 1.165) is 32.1 Å². The molecule has 18 heavy (non-hydrogen) atoms. The molecule has 1 aliphatic rings. The Labute approximate surface area is 109 Å². The summed E-state index contributed by atoms with van der Waals surface area (Å²) in [7, 11) is 0. The Morgan fingerprint density at radius 1 is 0.944 bits per heavy atom. The first-order valence-corrected chi connectivity index (χ1v) is 6.73. The van der Waals surface area contributed by atoms with Crippen molar-refractivity contribution >= 4 is 0 Å². The van der Waals surface area contributed by atoms with Crippen molar-refractivity contribution in [2.75, 3.05) is 6.61 Å². The summed E-state index contributed by atoms with van der Waals surface area (Å²) in [6.45, 7) is 0.312.